The fourth-order valence-corrected chi connectivity index (χ4v) is 4.87. The van der Waals surface area contributed by atoms with Crippen LogP contribution in [0, 0.1) is 13.8 Å². The number of ether oxygens (including phenoxy) is 2. The summed E-state index contributed by atoms with van der Waals surface area (Å²) in [6.45, 7) is 5.35. The summed E-state index contributed by atoms with van der Waals surface area (Å²) in [7, 11) is 0. The Bertz CT molecular complexity index is 1330. The van der Waals surface area contributed by atoms with Crippen molar-refractivity contribution in [1.29, 1.82) is 0 Å². The van der Waals surface area contributed by atoms with Crippen molar-refractivity contribution in [1.82, 2.24) is 29.9 Å². The largest absolute Gasteiger partial charge is 0.488 e. The van der Waals surface area contributed by atoms with Crippen LogP contribution in [0.3, 0.4) is 0 Å². The van der Waals surface area contributed by atoms with Gasteiger partial charge in [-0.2, -0.15) is 5.10 Å². The van der Waals surface area contributed by atoms with E-state index in [-0.39, 0.29) is 6.10 Å². The molecule has 2 aliphatic heterocycles. The number of morpholine rings is 1. The fourth-order valence-electron chi connectivity index (χ4n) is 4.87. The molecule has 2 fully saturated rings. The average molecular weight is 458 g/mol. The number of rotatable bonds is 5. The first-order chi connectivity index (χ1) is 16.6. The van der Waals surface area contributed by atoms with Crippen molar-refractivity contribution in [3.05, 3.63) is 60.4 Å². The first-order valence-corrected chi connectivity index (χ1v) is 11.6. The van der Waals surface area contributed by atoms with Crippen LogP contribution in [-0.4, -0.2) is 56.0 Å². The van der Waals surface area contributed by atoms with Crippen molar-refractivity contribution in [2.75, 3.05) is 18.5 Å². The monoisotopic (exact) mass is 457 g/mol. The van der Waals surface area contributed by atoms with E-state index >= 15 is 0 Å². The third-order valence-electron chi connectivity index (χ3n) is 6.33. The zero-order valence-corrected chi connectivity index (χ0v) is 19.2. The zero-order valence-electron chi connectivity index (χ0n) is 19.2. The van der Waals surface area contributed by atoms with Crippen LogP contribution in [0.2, 0.25) is 0 Å². The van der Waals surface area contributed by atoms with Gasteiger partial charge in [0.25, 0.3) is 0 Å². The molecule has 4 aromatic rings. The van der Waals surface area contributed by atoms with Crippen molar-refractivity contribution in [3.63, 3.8) is 0 Å². The second-order valence-electron chi connectivity index (χ2n) is 9.03. The van der Waals surface area contributed by atoms with Crippen molar-refractivity contribution < 1.29 is 9.47 Å². The summed E-state index contributed by atoms with van der Waals surface area (Å²) >= 11 is 0. The van der Waals surface area contributed by atoms with Crippen molar-refractivity contribution in [2.45, 2.75) is 44.9 Å². The number of nitrogens with zero attached hydrogens (tertiary/aromatic N) is 5. The Labute approximate surface area is 197 Å². The molecule has 0 spiro atoms. The summed E-state index contributed by atoms with van der Waals surface area (Å²) in [4.78, 5) is 13.1. The van der Waals surface area contributed by atoms with E-state index in [4.69, 9.17) is 14.6 Å². The topological polar surface area (TPSA) is 98.5 Å². The minimum atomic E-state index is 0.131. The molecule has 6 rings (SSSR count). The van der Waals surface area contributed by atoms with Crippen molar-refractivity contribution >= 4 is 17.2 Å². The molecule has 2 atom stereocenters. The van der Waals surface area contributed by atoms with E-state index in [1.54, 1.807) is 6.20 Å². The predicted octanol–water partition coefficient (Wildman–Crippen LogP) is 3.44. The minimum absolute atomic E-state index is 0.131. The highest BCUT2D eigenvalue weighted by Gasteiger charge is 2.33. The van der Waals surface area contributed by atoms with Gasteiger partial charge in [-0.15, -0.1) is 0 Å². The normalized spacial score (nSPS) is 22.0. The SMILES string of the molecule is Cc1cc(-c2cccn3nc(Nc4ccnc(C)n4)cc23)c(OC2CC3COCC(C2)N3)cn1. The summed E-state index contributed by atoms with van der Waals surface area (Å²) in [5, 5.41) is 11.6. The maximum atomic E-state index is 6.58. The molecule has 2 unspecified atom stereocenters. The van der Waals surface area contributed by atoms with E-state index in [2.05, 4.69) is 37.7 Å². The molecule has 2 saturated heterocycles. The lowest BCUT2D eigenvalue weighted by atomic mass is 9.94. The number of aryl methyl sites for hydroxylation is 2. The van der Waals surface area contributed by atoms with Gasteiger partial charge in [0.05, 0.1) is 24.9 Å². The third kappa shape index (κ3) is 4.20. The molecule has 9 heteroatoms. The number of pyridine rings is 2. The summed E-state index contributed by atoms with van der Waals surface area (Å²) in [5.41, 5.74) is 3.97. The van der Waals surface area contributed by atoms with Gasteiger partial charge in [0.1, 0.15) is 23.5 Å². The third-order valence-corrected chi connectivity index (χ3v) is 6.33. The van der Waals surface area contributed by atoms with Crippen LogP contribution in [0.4, 0.5) is 11.6 Å². The highest BCUT2D eigenvalue weighted by atomic mass is 16.5. The Balaban J connectivity index is 1.34. The van der Waals surface area contributed by atoms with E-state index in [0.717, 1.165) is 54.1 Å². The molecule has 0 radical (unpaired) electrons. The lowest BCUT2D eigenvalue weighted by molar-refractivity contribution is -0.0122. The second kappa shape index (κ2) is 8.66. The van der Waals surface area contributed by atoms with Gasteiger partial charge in [-0.05, 0) is 32.0 Å². The van der Waals surface area contributed by atoms with Crippen LogP contribution >= 0.6 is 0 Å². The van der Waals surface area contributed by atoms with Crippen molar-refractivity contribution in [3.8, 4) is 16.9 Å². The quantitative estimate of drug-likeness (QED) is 0.470. The van der Waals surface area contributed by atoms with Crippen LogP contribution in [-0.2, 0) is 4.74 Å². The summed E-state index contributed by atoms with van der Waals surface area (Å²) in [6.07, 6.45) is 7.50. The number of aromatic nitrogens is 5. The molecule has 0 aromatic carbocycles. The lowest BCUT2D eigenvalue weighted by Crippen LogP contribution is -2.56. The Kier molecular flexibility index (Phi) is 5.35. The van der Waals surface area contributed by atoms with Gasteiger partial charge >= 0.3 is 0 Å². The van der Waals surface area contributed by atoms with E-state index in [1.165, 1.54) is 0 Å². The van der Waals surface area contributed by atoms with E-state index in [0.29, 0.717) is 29.5 Å². The summed E-state index contributed by atoms with van der Waals surface area (Å²) in [6, 6.07) is 10.7. The molecular weight excluding hydrogens is 430 g/mol. The van der Waals surface area contributed by atoms with Crippen LogP contribution in [0.25, 0.3) is 16.6 Å². The Hall–Kier alpha value is -3.56. The molecule has 9 nitrogen and oxygen atoms in total. The van der Waals surface area contributed by atoms with E-state index < -0.39 is 0 Å². The molecule has 4 aromatic heterocycles. The lowest BCUT2D eigenvalue weighted by Gasteiger charge is -2.40. The van der Waals surface area contributed by atoms with Gasteiger partial charge in [0.2, 0.25) is 0 Å². The Morgan fingerprint density at radius 1 is 1.06 bits per heavy atom. The molecule has 0 amide bonds. The van der Waals surface area contributed by atoms with Crippen LogP contribution < -0.4 is 15.4 Å². The average Bonchev–Trinajstić information content (AvgIpc) is 3.22. The molecule has 174 valence electrons. The molecule has 0 saturated carbocycles. The molecule has 2 aliphatic rings. The maximum absolute atomic E-state index is 6.58. The van der Waals surface area contributed by atoms with Gasteiger partial charge in [0, 0.05) is 60.2 Å². The molecule has 0 aliphatic carbocycles. The predicted molar refractivity (Wildman–Crippen MR) is 128 cm³/mol. The molecule has 2 N–H and O–H groups in total. The molecule has 34 heavy (non-hydrogen) atoms. The zero-order chi connectivity index (χ0) is 23.1. The van der Waals surface area contributed by atoms with Crippen LogP contribution in [0.15, 0.2) is 48.9 Å². The Morgan fingerprint density at radius 3 is 2.74 bits per heavy atom. The molecule has 6 heterocycles. The van der Waals surface area contributed by atoms with E-state index in [1.807, 2.05) is 49.0 Å². The van der Waals surface area contributed by atoms with Gasteiger partial charge in [-0.3, -0.25) is 4.98 Å². The smallest absolute Gasteiger partial charge is 0.154 e. The first kappa shape index (κ1) is 21.0. The standard InChI is InChI=1S/C25H27N7O2/c1-15-8-21(23(12-27-15)34-19-9-17-13-33-14-18(10-19)29-17)20-4-3-7-32-22(20)11-25(31-32)30-24-5-6-26-16(2)28-24/h3-8,11-12,17-19,29H,9-10,13-14H2,1-2H3,(H,26,28,30,31). The van der Waals surface area contributed by atoms with Crippen LogP contribution in [0.5, 0.6) is 5.75 Å². The summed E-state index contributed by atoms with van der Waals surface area (Å²) in [5.74, 6) is 2.93. The molecular formula is C25H27N7O2. The minimum Gasteiger partial charge on any atom is -0.488 e. The van der Waals surface area contributed by atoms with Gasteiger partial charge < -0.3 is 20.1 Å². The molecule has 2 bridgehead atoms. The van der Waals surface area contributed by atoms with Gasteiger partial charge in [0.15, 0.2) is 5.82 Å². The number of hydrogen-bond acceptors (Lipinski definition) is 8. The highest BCUT2D eigenvalue weighted by Crippen LogP contribution is 2.36. The van der Waals surface area contributed by atoms with Crippen molar-refractivity contribution in [2.24, 2.45) is 0 Å². The number of fused-ring (bicyclic) bond motifs is 3. The number of nitrogens with one attached hydrogen (secondary N) is 2. The highest BCUT2D eigenvalue weighted by molar-refractivity contribution is 5.85. The summed E-state index contributed by atoms with van der Waals surface area (Å²) < 4.78 is 14.1. The second-order valence-corrected chi connectivity index (χ2v) is 9.03. The van der Waals surface area contributed by atoms with Crippen LogP contribution in [0.1, 0.15) is 24.4 Å². The number of hydrogen-bond donors (Lipinski definition) is 2. The number of anilines is 2. The first-order valence-electron chi connectivity index (χ1n) is 11.6. The number of piperidine rings is 1. The Morgan fingerprint density at radius 2 is 1.91 bits per heavy atom. The van der Waals surface area contributed by atoms with Gasteiger partial charge in [-0.25, -0.2) is 14.5 Å². The fraction of sp³-hybridized carbons (Fsp3) is 0.360. The van der Waals surface area contributed by atoms with Gasteiger partial charge in [-0.1, -0.05) is 6.07 Å². The maximum Gasteiger partial charge on any atom is 0.154 e. The van der Waals surface area contributed by atoms with E-state index in [9.17, 15) is 0 Å².